The maximum atomic E-state index is 13.5. The molecule has 5 aromatic heterocycles. The quantitative estimate of drug-likeness (QED) is 0.0274. The normalized spacial score (nSPS) is 16.7. The molecule has 8 rings (SSSR count). The highest BCUT2D eigenvalue weighted by Gasteiger charge is 2.41. The van der Waals surface area contributed by atoms with Crippen LogP contribution in [0.15, 0.2) is 90.7 Å². The van der Waals surface area contributed by atoms with Crippen molar-refractivity contribution in [2.24, 2.45) is 33.2 Å². The zero-order valence-corrected chi connectivity index (χ0v) is 41.8. The summed E-state index contributed by atoms with van der Waals surface area (Å²) in [4.78, 5) is 96.4. The third-order valence-electron chi connectivity index (χ3n) is 12.2. The number of carbonyl (C=O) groups is 6. The van der Waals surface area contributed by atoms with E-state index < -0.39 is 53.4 Å². The molecule has 26 nitrogen and oxygen atoms in total. The summed E-state index contributed by atoms with van der Waals surface area (Å²) < 4.78 is 31.2. The van der Waals surface area contributed by atoms with Crippen LogP contribution in [0.3, 0.4) is 0 Å². The fourth-order valence-corrected chi connectivity index (χ4v) is 8.51. The van der Waals surface area contributed by atoms with E-state index in [0.29, 0.717) is 53.7 Å². The largest absolute Gasteiger partial charge is 0.476 e. The molecule has 7 heterocycles. The van der Waals surface area contributed by atoms with E-state index in [1.807, 2.05) is 0 Å². The standard InChI is InChI=1S/C49H56N14O12/c1-28(64)73-26-40-39(74-29(2)65)22-41(75-40)62-27-52-42-43(62)56-49(57-48(42)72-18-14-30-10-12-34(13-11-30)63(70)71)51-16-8-15-50-44(66)36-19-31(23-59(36)4)54-46(68)38-21-33(25-61(38)6)55-47(69)37-20-32(24-60(37)5)53-45(67)35-9-7-17-58(35)3/h7,9-13,17,19-21,23-25,27,39-41,49,51,56H,8,14-16,18,22,26H2,1-6H3,(H,50,66)(H,53,67)(H,54,68)(H,55,69)/t39?,40-,41-,49?/m1/s1. The van der Waals surface area contributed by atoms with Crippen LogP contribution < -0.4 is 31.9 Å². The lowest BCUT2D eigenvalue weighted by Crippen LogP contribution is -2.41. The zero-order chi connectivity index (χ0) is 53.5. The van der Waals surface area contributed by atoms with Gasteiger partial charge >= 0.3 is 11.9 Å². The Kier molecular flexibility index (Phi) is 15.9. The molecule has 4 atom stereocenters. The fraction of sp³-hybridized carbons (Fsp3) is 0.347. The van der Waals surface area contributed by atoms with E-state index in [2.05, 4.69) is 36.9 Å². The molecule has 0 aliphatic carbocycles. The second kappa shape index (κ2) is 22.8. The first-order chi connectivity index (χ1) is 35.9. The molecule has 394 valence electrons. The van der Waals surface area contributed by atoms with Crippen molar-refractivity contribution in [3.8, 4) is 0 Å². The van der Waals surface area contributed by atoms with Crippen LogP contribution in [0.4, 0.5) is 28.6 Å². The minimum absolute atomic E-state index is 0.0268. The van der Waals surface area contributed by atoms with Gasteiger partial charge in [0.15, 0.2) is 12.0 Å². The molecule has 0 spiro atoms. The van der Waals surface area contributed by atoms with Crippen LogP contribution in [-0.4, -0.2) is 119 Å². The van der Waals surface area contributed by atoms with Gasteiger partial charge < -0.3 is 63.8 Å². The van der Waals surface area contributed by atoms with Gasteiger partial charge in [0.2, 0.25) is 5.90 Å². The fourth-order valence-electron chi connectivity index (χ4n) is 8.51. The Labute approximate surface area is 428 Å². The molecule has 4 amide bonds. The van der Waals surface area contributed by atoms with Gasteiger partial charge in [-0.3, -0.25) is 48.8 Å². The lowest BCUT2D eigenvalue weighted by molar-refractivity contribution is -0.384. The van der Waals surface area contributed by atoms with Gasteiger partial charge in [-0.2, -0.15) is 0 Å². The molecule has 1 fully saturated rings. The molecule has 2 unspecified atom stereocenters. The van der Waals surface area contributed by atoms with Gasteiger partial charge in [-0.25, -0.2) is 9.98 Å². The van der Waals surface area contributed by atoms with Gasteiger partial charge in [0.1, 0.15) is 53.6 Å². The number of aliphatic imine (C=N–C) groups is 1. The summed E-state index contributed by atoms with van der Waals surface area (Å²) in [6.45, 7) is 3.21. The second-order valence-electron chi connectivity index (χ2n) is 17.8. The van der Waals surface area contributed by atoms with Gasteiger partial charge in [-0.1, -0.05) is 12.1 Å². The van der Waals surface area contributed by atoms with E-state index >= 15 is 0 Å². The van der Waals surface area contributed by atoms with Crippen molar-refractivity contribution in [1.29, 1.82) is 0 Å². The van der Waals surface area contributed by atoms with Crippen molar-refractivity contribution in [2.75, 3.05) is 47.6 Å². The number of nitro groups is 1. The van der Waals surface area contributed by atoms with E-state index in [4.69, 9.17) is 23.9 Å². The summed E-state index contributed by atoms with van der Waals surface area (Å²) in [5.41, 5.74) is 3.57. The summed E-state index contributed by atoms with van der Waals surface area (Å²) in [5, 5.41) is 29.1. The number of anilines is 4. The number of nitro benzene ring substituents is 1. The molecule has 2 aliphatic rings. The van der Waals surface area contributed by atoms with Crippen molar-refractivity contribution in [3.63, 3.8) is 0 Å². The number of hydrogen-bond donors (Lipinski definition) is 6. The SMILES string of the molecule is CC(=O)OC[C@H]1O[C@@H](n2cnc3c2NC(NCCCNC(=O)c2cc(NC(=O)c4cc(NC(=O)c5cc(NC(=O)c6cccn6C)cn5C)cn4C)cn2C)N=C3OCCc2ccc([N+](=O)[O-])cc2)CC1OC(C)=O. The highest BCUT2D eigenvalue weighted by Crippen LogP contribution is 2.36. The van der Waals surface area contributed by atoms with E-state index in [1.54, 1.807) is 112 Å². The molecule has 0 bridgehead atoms. The Bertz CT molecular complexity index is 3160. The number of amides is 4. The molecular weight excluding hydrogens is 977 g/mol. The predicted molar refractivity (Wildman–Crippen MR) is 270 cm³/mol. The number of benzene rings is 1. The topological polar surface area (TPSA) is 305 Å². The number of nitrogens with zero attached hydrogens (tertiary/aromatic N) is 8. The maximum absolute atomic E-state index is 13.5. The minimum Gasteiger partial charge on any atom is -0.476 e. The average molecular weight is 1030 g/mol. The highest BCUT2D eigenvalue weighted by molar-refractivity contribution is 6.08. The number of fused-ring (bicyclic) bond motifs is 1. The number of esters is 2. The van der Waals surface area contributed by atoms with Gasteiger partial charge in [0.05, 0.1) is 34.9 Å². The van der Waals surface area contributed by atoms with Gasteiger partial charge in [-0.05, 0) is 42.3 Å². The third kappa shape index (κ3) is 12.6. The summed E-state index contributed by atoms with van der Waals surface area (Å²) in [7, 11) is 6.77. The lowest BCUT2D eigenvalue weighted by Gasteiger charge is -2.26. The van der Waals surface area contributed by atoms with Gasteiger partial charge in [-0.15, -0.1) is 0 Å². The molecule has 1 saturated heterocycles. The number of carbonyl (C=O) groups excluding carboxylic acids is 6. The van der Waals surface area contributed by atoms with Crippen LogP contribution in [0, 0.1) is 10.1 Å². The Morgan fingerprint density at radius 3 is 1.95 bits per heavy atom. The van der Waals surface area contributed by atoms with Crippen molar-refractivity contribution in [1.82, 2.24) is 38.5 Å². The molecular formula is C49H56N14O12. The van der Waals surface area contributed by atoms with Crippen LogP contribution in [0.25, 0.3) is 0 Å². The Balaban J connectivity index is 0.846. The first-order valence-corrected chi connectivity index (χ1v) is 23.7. The number of non-ortho nitro benzene ring substituents is 1. The molecule has 0 radical (unpaired) electrons. The van der Waals surface area contributed by atoms with Gasteiger partial charge in [0.25, 0.3) is 29.3 Å². The summed E-state index contributed by atoms with van der Waals surface area (Å²) >= 11 is 0. The number of aryl methyl sites for hydroxylation is 4. The van der Waals surface area contributed by atoms with Crippen molar-refractivity contribution >= 4 is 70.0 Å². The second-order valence-corrected chi connectivity index (χ2v) is 17.8. The minimum atomic E-state index is -0.743. The van der Waals surface area contributed by atoms with E-state index in [9.17, 15) is 38.9 Å². The molecule has 26 heteroatoms. The van der Waals surface area contributed by atoms with Gasteiger partial charge in [0, 0.05) is 105 Å². The van der Waals surface area contributed by atoms with E-state index in [0.717, 1.165) is 5.56 Å². The van der Waals surface area contributed by atoms with Crippen molar-refractivity contribution in [2.45, 2.75) is 57.8 Å². The summed E-state index contributed by atoms with van der Waals surface area (Å²) in [5.74, 6) is -1.99. The maximum Gasteiger partial charge on any atom is 0.303 e. The predicted octanol–water partition coefficient (Wildman–Crippen LogP) is 3.81. The van der Waals surface area contributed by atoms with E-state index in [1.165, 1.54) is 38.4 Å². The average Bonchev–Trinajstić information content (AvgIpc) is 4.24. The summed E-state index contributed by atoms with van der Waals surface area (Å²) in [6.07, 6.45) is 6.33. The number of aromatic nitrogens is 6. The lowest BCUT2D eigenvalue weighted by atomic mass is 10.1. The molecule has 6 aromatic rings. The van der Waals surface area contributed by atoms with Crippen LogP contribution in [0.5, 0.6) is 0 Å². The number of hydrogen-bond acceptors (Lipinski definition) is 16. The molecule has 75 heavy (non-hydrogen) atoms. The Morgan fingerprint density at radius 2 is 1.39 bits per heavy atom. The summed E-state index contributed by atoms with van der Waals surface area (Å²) in [6, 6.07) is 14.2. The number of ether oxygens (including phenoxy) is 4. The Hall–Kier alpha value is -9.04. The molecule has 1 aromatic carbocycles. The molecule has 0 saturated carbocycles. The van der Waals surface area contributed by atoms with Crippen LogP contribution in [-0.2, 0) is 63.1 Å². The highest BCUT2D eigenvalue weighted by atomic mass is 16.6. The van der Waals surface area contributed by atoms with Crippen LogP contribution >= 0.6 is 0 Å². The Morgan fingerprint density at radius 1 is 0.787 bits per heavy atom. The van der Waals surface area contributed by atoms with E-state index in [-0.39, 0.29) is 66.7 Å². The molecule has 2 aliphatic heterocycles. The zero-order valence-electron chi connectivity index (χ0n) is 41.8. The smallest absolute Gasteiger partial charge is 0.303 e. The first kappa shape index (κ1) is 52.3. The van der Waals surface area contributed by atoms with Crippen molar-refractivity contribution in [3.05, 3.63) is 130 Å². The number of imidazole rings is 1. The molecule has 6 N–H and O–H groups in total. The number of rotatable bonds is 20. The monoisotopic (exact) mass is 1030 g/mol. The first-order valence-electron chi connectivity index (χ1n) is 23.7. The van der Waals surface area contributed by atoms with Crippen molar-refractivity contribution < 1.29 is 52.6 Å². The van der Waals surface area contributed by atoms with Crippen LogP contribution in [0.2, 0.25) is 0 Å². The third-order valence-corrected chi connectivity index (χ3v) is 12.2. The number of nitrogens with one attached hydrogen (secondary N) is 6. The van der Waals surface area contributed by atoms with Crippen LogP contribution in [0.1, 0.15) is 86.1 Å².